The zero-order chi connectivity index (χ0) is 14.0. The smallest absolute Gasteiger partial charge is 0.243 e. The number of rotatable bonds is 2. The molecule has 0 spiro atoms. The fourth-order valence-corrected chi connectivity index (χ4v) is 2.29. The lowest BCUT2D eigenvalue weighted by Crippen LogP contribution is -2.42. The molecule has 104 valence electrons. The van der Waals surface area contributed by atoms with Crippen LogP contribution in [-0.2, 0) is 4.79 Å². The third-order valence-electron chi connectivity index (χ3n) is 3.49. The van der Waals surface area contributed by atoms with Crippen LogP contribution in [0.5, 0.6) is 5.75 Å². The van der Waals surface area contributed by atoms with Gasteiger partial charge in [-0.2, -0.15) is 0 Å². The van der Waals surface area contributed by atoms with E-state index in [9.17, 15) is 4.79 Å². The minimum atomic E-state index is -0.149. The Morgan fingerprint density at radius 2 is 1.95 bits per heavy atom. The van der Waals surface area contributed by atoms with Crippen molar-refractivity contribution in [3.8, 4) is 5.75 Å². The molecule has 4 heteroatoms. The van der Waals surface area contributed by atoms with E-state index in [2.05, 4.69) is 19.2 Å². The molecule has 0 aromatic heterocycles. The lowest BCUT2D eigenvalue weighted by Gasteiger charge is -2.29. The molecule has 1 aromatic rings. The molecule has 1 aliphatic heterocycles. The van der Waals surface area contributed by atoms with Crippen molar-refractivity contribution in [2.45, 2.75) is 26.8 Å². The number of anilines is 1. The van der Waals surface area contributed by atoms with E-state index >= 15 is 0 Å². The van der Waals surface area contributed by atoms with Gasteiger partial charge in [-0.05, 0) is 36.6 Å². The first kappa shape index (κ1) is 13.9. The first-order valence-corrected chi connectivity index (χ1v) is 6.62. The van der Waals surface area contributed by atoms with E-state index in [4.69, 9.17) is 4.74 Å². The SMILES string of the molecule is COc1ccc(N2CC(C)(C)CNC(C)C2=O)cc1. The Balaban J connectivity index is 2.30. The number of carbonyl (C=O) groups is 1. The van der Waals surface area contributed by atoms with E-state index in [0.717, 1.165) is 24.5 Å². The number of carbonyl (C=O) groups excluding carboxylic acids is 1. The average molecular weight is 262 g/mol. The number of ether oxygens (including phenoxy) is 1. The van der Waals surface area contributed by atoms with Gasteiger partial charge in [0.1, 0.15) is 5.75 Å². The maximum Gasteiger partial charge on any atom is 0.243 e. The van der Waals surface area contributed by atoms with Gasteiger partial charge < -0.3 is 15.0 Å². The minimum Gasteiger partial charge on any atom is -0.497 e. The normalized spacial score (nSPS) is 23.1. The highest BCUT2D eigenvalue weighted by atomic mass is 16.5. The summed E-state index contributed by atoms with van der Waals surface area (Å²) in [6, 6.07) is 7.50. The molecule has 0 aliphatic carbocycles. The van der Waals surface area contributed by atoms with Gasteiger partial charge in [0.15, 0.2) is 0 Å². The number of nitrogens with zero attached hydrogens (tertiary/aromatic N) is 1. The Bertz CT molecular complexity index is 454. The highest BCUT2D eigenvalue weighted by Crippen LogP contribution is 2.26. The summed E-state index contributed by atoms with van der Waals surface area (Å²) < 4.78 is 5.15. The Morgan fingerprint density at radius 1 is 1.32 bits per heavy atom. The molecule has 1 atom stereocenters. The summed E-state index contributed by atoms with van der Waals surface area (Å²) in [5, 5.41) is 3.29. The van der Waals surface area contributed by atoms with Crippen molar-refractivity contribution < 1.29 is 9.53 Å². The second-order valence-corrected chi connectivity index (χ2v) is 5.89. The summed E-state index contributed by atoms with van der Waals surface area (Å²) in [5.41, 5.74) is 0.981. The lowest BCUT2D eigenvalue weighted by molar-refractivity contribution is -0.119. The van der Waals surface area contributed by atoms with Gasteiger partial charge in [0.25, 0.3) is 0 Å². The maximum atomic E-state index is 12.4. The Hall–Kier alpha value is -1.55. The monoisotopic (exact) mass is 262 g/mol. The fraction of sp³-hybridized carbons (Fsp3) is 0.533. The molecular weight excluding hydrogens is 240 g/mol. The summed E-state index contributed by atoms with van der Waals surface area (Å²) >= 11 is 0. The zero-order valence-electron chi connectivity index (χ0n) is 12.1. The molecule has 1 fully saturated rings. The predicted molar refractivity (Wildman–Crippen MR) is 76.6 cm³/mol. The van der Waals surface area contributed by atoms with Crippen LogP contribution in [0.2, 0.25) is 0 Å². The van der Waals surface area contributed by atoms with Gasteiger partial charge in [-0.3, -0.25) is 4.79 Å². The molecule has 0 bridgehead atoms. The molecule has 1 unspecified atom stereocenters. The highest BCUT2D eigenvalue weighted by Gasteiger charge is 2.33. The summed E-state index contributed by atoms with van der Waals surface area (Å²) in [4.78, 5) is 14.3. The van der Waals surface area contributed by atoms with Gasteiger partial charge in [0.05, 0.1) is 13.2 Å². The molecule has 0 radical (unpaired) electrons. The van der Waals surface area contributed by atoms with Crippen LogP contribution in [0, 0.1) is 5.41 Å². The summed E-state index contributed by atoms with van der Waals surface area (Å²) in [6.07, 6.45) is 0. The summed E-state index contributed by atoms with van der Waals surface area (Å²) in [5.74, 6) is 0.923. The molecule has 0 saturated carbocycles. The number of nitrogens with one attached hydrogen (secondary N) is 1. The predicted octanol–water partition coefficient (Wildman–Crippen LogP) is 2.05. The van der Waals surface area contributed by atoms with Crippen LogP contribution in [0.25, 0.3) is 0 Å². The van der Waals surface area contributed by atoms with E-state index in [0.29, 0.717) is 0 Å². The first-order chi connectivity index (χ1) is 8.93. The molecular formula is C15H22N2O2. The standard InChI is InChI=1S/C15H22N2O2/c1-11-14(18)17(10-15(2,3)9-16-11)12-5-7-13(19-4)8-6-12/h5-8,11,16H,9-10H2,1-4H3. The highest BCUT2D eigenvalue weighted by molar-refractivity contribution is 5.97. The van der Waals surface area contributed by atoms with Crippen molar-refractivity contribution in [2.24, 2.45) is 5.41 Å². The van der Waals surface area contributed by atoms with E-state index in [1.165, 1.54) is 0 Å². The van der Waals surface area contributed by atoms with Crippen molar-refractivity contribution in [2.75, 3.05) is 25.1 Å². The number of benzene rings is 1. The largest absolute Gasteiger partial charge is 0.497 e. The van der Waals surface area contributed by atoms with Crippen LogP contribution in [0.1, 0.15) is 20.8 Å². The van der Waals surface area contributed by atoms with Crippen LogP contribution in [0.3, 0.4) is 0 Å². The maximum absolute atomic E-state index is 12.4. The second kappa shape index (κ2) is 5.21. The van der Waals surface area contributed by atoms with Gasteiger partial charge in [-0.1, -0.05) is 13.8 Å². The van der Waals surface area contributed by atoms with Crippen LogP contribution >= 0.6 is 0 Å². The molecule has 1 saturated heterocycles. The van der Waals surface area contributed by atoms with Crippen molar-refractivity contribution >= 4 is 11.6 Å². The number of methoxy groups -OCH3 is 1. The van der Waals surface area contributed by atoms with Gasteiger partial charge in [0, 0.05) is 18.8 Å². The van der Waals surface area contributed by atoms with Crippen LogP contribution in [0.4, 0.5) is 5.69 Å². The van der Waals surface area contributed by atoms with Gasteiger partial charge >= 0.3 is 0 Å². The van der Waals surface area contributed by atoms with Gasteiger partial charge in [-0.15, -0.1) is 0 Å². The van der Waals surface area contributed by atoms with E-state index in [1.54, 1.807) is 7.11 Å². The van der Waals surface area contributed by atoms with Crippen molar-refractivity contribution in [1.29, 1.82) is 0 Å². The summed E-state index contributed by atoms with van der Waals surface area (Å²) in [7, 11) is 1.64. The van der Waals surface area contributed by atoms with E-state index in [-0.39, 0.29) is 17.4 Å². The second-order valence-electron chi connectivity index (χ2n) is 5.89. The molecule has 2 rings (SSSR count). The average Bonchev–Trinajstić information content (AvgIpc) is 2.51. The Kier molecular flexibility index (Phi) is 3.80. The topological polar surface area (TPSA) is 41.6 Å². The van der Waals surface area contributed by atoms with Crippen molar-refractivity contribution in [3.63, 3.8) is 0 Å². The van der Waals surface area contributed by atoms with Gasteiger partial charge in [0.2, 0.25) is 5.91 Å². The van der Waals surface area contributed by atoms with Crippen LogP contribution < -0.4 is 15.0 Å². The molecule has 1 aromatic carbocycles. The Labute approximate surface area is 114 Å². The number of hydrogen-bond acceptors (Lipinski definition) is 3. The first-order valence-electron chi connectivity index (χ1n) is 6.62. The minimum absolute atomic E-state index is 0.0559. The van der Waals surface area contributed by atoms with Crippen molar-refractivity contribution in [3.05, 3.63) is 24.3 Å². The molecule has 1 heterocycles. The van der Waals surface area contributed by atoms with Crippen LogP contribution in [0.15, 0.2) is 24.3 Å². The Morgan fingerprint density at radius 3 is 2.53 bits per heavy atom. The lowest BCUT2D eigenvalue weighted by atomic mass is 9.93. The molecule has 1 amide bonds. The quantitative estimate of drug-likeness (QED) is 0.887. The van der Waals surface area contributed by atoms with Crippen LogP contribution in [-0.4, -0.2) is 32.1 Å². The number of amides is 1. The third kappa shape index (κ3) is 3.07. The molecule has 19 heavy (non-hydrogen) atoms. The van der Waals surface area contributed by atoms with E-state index in [1.807, 2.05) is 36.1 Å². The fourth-order valence-electron chi connectivity index (χ4n) is 2.29. The number of hydrogen-bond donors (Lipinski definition) is 1. The third-order valence-corrected chi connectivity index (χ3v) is 3.49. The van der Waals surface area contributed by atoms with E-state index < -0.39 is 0 Å². The molecule has 1 N–H and O–H groups in total. The zero-order valence-corrected chi connectivity index (χ0v) is 12.1. The molecule has 1 aliphatic rings. The van der Waals surface area contributed by atoms with Crippen molar-refractivity contribution in [1.82, 2.24) is 5.32 Å². The van der Waals surface area contributed by atoms with Gasteiger partial charge in [-0.25, -0.2) is 0 Å². The molecule has 4 nitrogen and oxygen atoms in total. The summed E-state index contributed by atoms with van der Waals surface area (Å²) in [6.45, 7) is 7.81.